The Morgan fingerprint density at radius 3 is 2.55 bits per heavy atom. The lowest BCUT2D eigenvalue weighted by molar-refractivity contribution is -0.140. The number of hydrogen-bond acceptors (Lipinski definition) is 1. The van der Waals surface area contributed by atoms with Crippen LogP contribution in [0.3, 0.4) is 0 Å². The third kappa shape index (κ3) is 1.32. The van der Waals surface area contributed by atoms with Crippen molar-refractivity contribution in [2.24, 2.45) is 11.3 Å². The second-order valence-corrected chi connectivity index (χ2v) is 4.05. The Morgan fingerprint density at radius 1 is 1.73 bits per heavy atom. The number of rotatable bonds is 1. The van der Waals surface area contributed by atoms with Crippen LogP contribution in [0.15, 0.2) is 10.6 Å². The van der Waals surface area contributed by atoms with Crippen molar-refractivity contribution in [2.45, 2.75) is 20.3 Å². The molecule has 0 aromatic heterocycles. The Kier molecular flexibility index (Phi) is 2.31. The van der Waals surface area contributed by atoms with Crippen LogP contribution in [-0.2, 0) is 4.79 Å². The highest BCUT2D eigenvalue weighted by Gasteiger charge is 2.48. The molecule has 1 rings (SSSR count). The summed E-state index contributed by atoms with van der Waals surface area (Å²) in [6.07, 6.45) is 0.537. The third-order valence-electron chi connectivity index (χ3n) is 2.42. The van der Waals surface area contributed by atoms with Gasteiger partial charge in [-0.15, -0.1) is 0 Å². The molecule has 0 heterocycles. The highest BCUT2D eigenvalue weighted by molar-refractivity contribution is 6.37. The first-order chi connectivity index (χ1) is 5.00. The molecular formula is C8H10Cl2O. The molecule has 0 radical (unpaired) electrons. The zero-order valence-corrected chi connectivity index (χ0v) is 8.04. The summed E-state index contributed by atoms with van der Waals surface area (Å²) in [6, 6.07) is 0. The molecule has 1 saturated carbocycles. The van der Waals surface area contributed by atoms with Crippen LogP contribution in [-0.4, -0.2) is 5.78 Å². The Labute approximate surface area is 76.4 Å². The highest BCUT2D eigenvalue weighted by Crippen LogP contribution is 2.47. The van der Waals surface area contributed by atoms with E-state index in [4.69, 9.17) is 23.2 Å². The summed E-state index contributed by atoms with van der Waals surface area (Å²) < 4.78 is 0. The Morgan fingerprint density at radius 2 is 2.27 bits per heavy atom. The predicted molar refractivity (Wildman–Crippen MR) is 46.7 cm³/mol. The van der Waals surface area contributed by atoms with E-state index in [1.54, 1.807) is 0 Å². The molecule has 0 N–H and O–H groups in total. The van der Waals surface area contributed by atoms with Crippen molar-refractivity contribution in [1.29, 1.82) is 0 Å². The quantitative estimate of drug-likeness (QED) is 0.625. The Balaban J connectivity index is 2.75. The smallest absolute Gasteiger partial charge is 0.139 e. The molecule has 1 aliphatic carbocycles. The van der Waals surface area contributed by atoms with E-state index in [2.05, 4.69) is 0 Å². The van der Waals surface area contributed by atoms with Crippen molar-refractivity contribution >= 4 is 29.0 Å². The van der Waals surface area contributed by atoms with Crippen molar-refractivity contribution < 1.29 is 4.79 Å². The Bertz CT molecular complexity index is 218. The number of Topliss-reactive ketones (excluding diaryl/α,β-unsaturated/α-hetero) is 1. The van der Waals surface area contributed by atoms with E-state index in [0.29, 0.717) is 11.5 Å². The first kappa shape index (κ1) is 9.08. The molecular weight excluding hydrogens is 183 g/mol. The van der Waals surface area contributed by atoms with Crippen LogP contribution < -0.4 is 0 Å². The molecule has 0 aromatic carbocycles. The summed E-state index contributed by atoms with van der Waals surface area (Å²) in [5, 5.41) is 0.594. The van der Waals surface area contributed by atoms with Crippen molar-refractivity contribution in [2.75, 3.05) is 0 Å². The van der Waals surface area contributed by atoms with Crippen LogP contribution in [0.1, 0.15) is 20.3 Å². The minimum absolute atomic E-state index is 0.133. The van der Waals surface area contributed by atoms with Crippen LogP contribution in [0.25, 0.3) is 0 Å². The van der Waals surface area contributed by atoms with E-state index < -0.39 is 0 Å². The predicted octanol–water partition coefficient (Wildman–Crippen LogP) is 2.92. The highest BCUT2D eigenvalue weighted by atomic mass is 35.5. The number of hydrogen-bond donors (Lipinski definition) is 0. The molecule has 1 atom stereocenters. The topological polar surface area (TPSA) is 17.1 Å². The van der Waals surface area contributed by atoms with Crippen molar-refractivity contribution in [3.8, 4) is 0 Å². The first-order valence-corrected chi connectivity index (χ1v) is 4.30. The van der Waals surface area contributed by atoms with Crippen molar-refractivity contribution in [3.05, 3.63) is 10.6 Å². The molecule has 3 heteroatoms. The standard InChI is InChI=1S/C8H10Cl2O/c1-8(2)5(3-7(8)11)6(10)4-9/h4-5H,3H2,1-2H3. The van der Waals surface area contributed by atoms with Gasteiger partial charge in [-0.05, 0) is 0 Å². The summed E-state index contributed by atoms with van der Waals surface area (Å²) in [7, 11) is 0. The first-order valence-electron chi connectivity index (χ1n) is 3.49. The van der Waals surface area contributed by atoms with E-state index in [9.17, 15) is 4.79 Å². The molecule has 0 spiro atoms. The van der Waals surface area contributed by atoms with Gasteiger partial charge in [-0.1, -0.05) is 37.0 Å². The van der Waals surface area contributed by atoms with Crippen LogP contribution >= 0.6 is 23.2 Å². The fourth-order valence-corrected chi connectivity index (χ4v) is 1.79. The molecule has 0 aliphatic heterocycles. The largest absolute Gasteiger partial charge is 0.299 e. The second kappa shape index (κ2) is 2.80. The van der Waals surface area contributed by atoms with Crippen molar-refractivity contribution in [1.82, 2.24) is 0 Å². The van der Waals surface area contributed by atoms with Crippen LogP contribution in [0.4, 0.5) is 0 Å². The van der Waals surface area contributed by atoms with Gasteiger partial charge in [0.1, 0.15) is 5.78 Å². The van der Waals surface area contributed by atoms with Crippen LogP contribution in [0, 0.1) is 11.3 Å². The molecule has 0 amide bonds. The van der Waals surface area contributed by atoms with Gasteiger partial charge in [0.2, 0.25) is 0 Å². The number of ketones is 1. The molecule has 1 fully saturated rings. The zero-order chi connectivity index (χ0) is 8.65. The van der Waals surface area contributed by atoms with Crippen LogP contribution in [0.5, 0.6) is 0 Å². The number of halogens is 2. The van der Waals surface area contributed by atoms with Gasteiger partial charge in [0.05, 0.1) is 0 Å². The number of carbonyl (C=O) groups excluding carboxylic acids is 1. The molecule has 0 bridgehead atoms. The van der Waals surface area contributed by atoms with E-state index in [1.807, 2.05) is 13.8 Å². The fourth-order valence-electron chi connectivity index (χ4n) is 1.29. The van der Waals surface area contributed by atoms with E-state index >= 15 is 0 Å². The number of allylic oxidation sites excluding steroid dienone is 1. The molecule has 62 valence electrons. The maximum Gasteiger partial charge on any atom is 0.139 e. The lowest BCUT2D eigenvalue weighted by Gasteiger charge is -2.42. The van der Waals surface area contributed by atoms with Gasteiger partial charge in [0.25, 0.3) is 0 Å². The van der Waals surface area contributed by atoms with Crippen LogP contribution in [0.2, 0.25) is 0 Å². The summed E-state index contributed by atoms with van der Waals surface area (Å²) in [6.45, 7) is 3.79. The molecule has 1 aliphatic rings. The van der Waals surface area contributed by atoms with Gasteiger partial charge >= 0.3 is 0 Å². The molecule has 1 unspecified atom stereocenters. The second-order valence-electron chi connectivity index (χ2n) is 3.40. The monoisotopic (exact) mass is 192 g/mol. The van der Waals surface area contributed by atoms with Crippen molar-refractivity contribution in [3.63, 3.8) is 0 Å². The maximum atomic E-state index is 11.1. The van der Waals surface area contributed by atoms with Gasteiger partial charge in [0, 0.05) is 28.3 Å². The summed E-state index contributed by atoms with van der Waals surface area (Å²) in [5.41, 5.74) is 1.04. The van der Waals surface area contributed by atoms with Gasteiger partial charge in [-0.3, -0.25) is 4.79 Å². The zero-order valence-electron chi connectivity index (χ0n) is 6.53. The maximum absolute atomic E-state index is 11.1. The van der Waals surface area contributed by atoms with Gasteiger partial charge < -0.3 is 0 Å². The minimum atomic E-state index is -0.303. The average Bonchev–Trinajstić information content (AvgIpc) is 1.98. The van der Waals surface area contributed by atoms with E-state index in [1.165, 1.54) is 5.54 Å². The lowest BCUT2D eigenvalue weighted by Crippen LogP contribution is -2.45. The van der Waals surface area contributed by atoms with E-state index in [-0.39, 0.29) is 17.1 Å². The summed E-state index contributed by atoms with van der Waals surface area (Å²) in [4.78, 5) is 11.1. The van der Waals surface area contributed by atoms with E-state index in [0.717, 1.165) is 0 Å². The SMILES string of the molecule is CC1(C)C(=O)CC1C(Cl)=CCl. The third-order valence-corrected chi connectivity index (χ3v) is 3.14. The molecule has 0 aromatic rings. The number of carbonyl (C=O) groups is 1. The molecule has 11 heavy (non-hydrogen) atoms. The Hall–Kier alpha value is -0.0100. The summed E-state index contributed by atoms with van der Waals surface area (Å²) in [5.74, 6) is 0.397. The van der Waals surface area contributed by atoms with Gasteiger partial charge in [0.15, 0.2) is 0 Å². The minimum Gasteiger partial charge on any atom is -0.299 e. The van der Waals surface area contributed by atoms with Gasteiger partial charge in [-0.2, -0.15) is 0 Å². The normalized spacial score (nSPS) is 30.0. The fraction of sp³-hybridized carbons (Fsp3) is 0.625. The molecule has 0 saturated heterocycles. The molecule has 1 nitrogen and oxygen atoms in total. The summed E-state index contributed by atoms with van der Waals surface area (Å²) >= 11 is 11.2. The average molecular weight is 193 g/mol. The van der Waals surface area contributed by atoms with Gasteiger partial charge in [-0.25, -0.2) is 0 Å². The lowest BCUT2D eigenvalue weighted by atomic mass is 9.61.